The van der Waals surface area contributed by atoms with Crippen LogP contribution >= 0.6 is 0 Å². The van der Waals surface area contributed by atoms with Crippen molar-refractivity contribution in [2.75, 3.05) is 20.2 Å². The van der Waals surface area contributed by atoms with Gasteiger partial charge in [-0.1, -0.05) is 26.0 Å². The largest absolute Gasteiger partial charge is 0.497 e. The predicted molar refractivity (Wildman–Crippen MR) is 71.0 cm³/mol. The molecule has 1 atom stereocenters. The van der Waals surface area contributed by atoms with Crippen molar-refractivity contribution >= 4 is 5.97 Å². The molecule has 1 unspecified atom stereocenters. The van der Waals surface area contributed by atoms with Crippen LogP contribution in [0.5, 0.6) is 5.75 Å². The minimum Gasteiger partial charge on any atom is -0.497 e. The molecule has 0 aliphatic heterocycles. The molecule has 0 aliphatic rings. The number of carboxylic acids is 1. The van der Waals surface area contributed by atoms with Gasteiger partial charge in [0.15, 0.2) is 0 Å². The molecule has 18 heavy (non-hydrogen) atoms. The fourth-order valence-electron chi connectivity index (χ4n) is 2.02. The summed E-state index contributed by atoms with van der Waals surface area (Å²) in [5.41, 5.74) is 1.01. The van der Waals surface area contributed by atoms with Crippen LogP contribution in [0.15, 0.2) is 24.3 Å². The van der Waals surface area contributed by atoms with Crippen molar-refractivity contribution in [1.29, 1.82) is 0 Å². The summed E-state index contributed by atoms with van der Waals surface area (Å²) in [4.78, 5) is 13.3. The quantitative estimate of drug-likeness (QED) is 0.805. The number of hydrogen-bond acceptors (Lipinski definition) is 3. The first-order valence-electron chi connectivity index (χ1n) is 6.22. The molecule has 4 heteroatoms. The number of hydrogen-bond donors (Lipinski definition) is 1. The molecule has 100 valence electrons. The zero-order valence-electron chi connectivity index (χ0n) is 11.2. The van der Waals surface area contributed by atoms with Crippen LogP contribution in [0.4, 0.5) is 0 Å². The molecular weight excluding hydrogens is 230 g/mol. The number of carbonyl (C=O) groups is 1. The fraction of sp³-hybridized carbons (Fsp3) is 0.500. The third kappa shape index (κ3) is 3.74. The minimum absolute atomic E-state index is 0.464. The molecule has 1 N–H and O–H groups in total. The molecular formula is C14H21NO3. The maximum atomic E-state index is 11.3. The van der Waals surface area contributed by atoms with Crippen molar-refractivity contribution in [1.82, 2.24) is 4.90 Å². The van der Waals surface area contributed by atoms with E-state index in [2.05, 4.69) is 0 Å². The Balaban J connectivity index is 2.79. The van der Waals surface area contributed by atoms with Crippen LogP contribution < -0.4 is 4.74 Å². The molecule has 1 rings (SSSR count). The van der Waals surface area contributed by atoms with Crippen LogP contribution in [-0.2, 0) is 11.2 Å². The van der Waals surface area contributed by atoms with Crippen LogP contribution in [0.1, 0.15) is 19.4 Å². The second-order valence-electron chi connectivity index (χ2n) is 4.13. The zero-order valence-corrected chi connectivity index (χ0v) is 11.2. The normalized spacial score (nSPS) is 12.4. The second-order valence-corrected chi connectivity index (χ2v) is 4.13. The summed E-state index contributed by atoms with van der Waals surface area (Å²) >= 11 is 0. The van der Waals surface area contributed by atoms with E-state index in [-0.39, 0.29) is 0 Å². The van der Waals surface area contributed by atoms with E-state index in [0.29, 0.717) is 6.42 Å². The molecule has 0 fully saturated rings. The topological polar surface area (TPSA) is 49.8 Å². The van der Waals surface area contributed by atoms with Gasteiger partial charge in [0.05, 0.1) is 7.11 Å². The monoisotopic (exact) mass is 251 g/mol. The lowest BCUT2D eigenvalue weighted by Crippen LogP contribution is -2.42. The highest BCUT2D eigenvalue weighted by atomic mass is 16.5. The second kappa shape index (κ2) is 7.01. The SMILES string of the molecule is CCN(CC)C(Cc1ccc(OC)cc1)C(=O)O. The van der Waals surface area contributed by atoms with Gasteiger partial charge in [0.2, 0.25) is 0 Å². The number of benzene rings is 1. The van der Waals surface area contributed by atoms with E-state index in [9.17, 15) is 9.90 Å². The molecule has 0 bridgehead atoms. The number of nitrogens with zero attached hydrogens (tertiary/aromatic N) is 1. The van der Waals surface area contributed by atoms with E-state index < -0.39 is 12.0 Å². The van der Waals surface area contributed by atoms with E-state index in [1.165, 1.54) is 0 Å². The summed E-state index contributed by atoms with van der Waals surface area (Å²) in [6, 6.07) is 7.08. The van der Waals surface area contributed by atoms with Crippen LogP contribution in [0.3, 0.4) is 0 Å². The van der Waals surface area contributed by atoms with Gasteiger partial charge in [-0.15, -0.1) is 0 Å². The number of rotatable bonds is 7. The predicted octanol–water partition coefficient (Wildman–Crippen LogP) is 2.03. The lowest BCUT2D eigenvalue weighted by Gasteiger charge is -2.26. The van der Waals surface area contributed by atoms with E-state index in [0.717, 1.165) is 24.4 Å². The third-order valence-corrected chi connectivity index (χ3v) is 3.13. The van der Waals surface area contributed by atoms with Gasteiger partial charge < -0.3 is 9.84 Å². The highest BCUT2D eigenvalue weighted by molar-refractivity contribution is 5.74. The lowest BCUT2D eigenvalue weighted by atomic mass is 10.0. The Bertz CT molecular complexity index is 371. The summed E-state index contributed by atoms with van der Waals surface area (Å²) in [7, 11) is 1.62. The Kier molecular flexibility index (Phi) is 5.65. The molecule has 0 heterocycles. The Morgan fingerprint density at radius 1 is 1.28 bits per heavy atom. The van der Waals surface area contributed by atoms with Crippen LogP contribution in [0.25, 0.3) is 0 Å². The number of ether oxygens (including phenoxy) is 1. The highest BCUT2D eigenvalue weighted by Gasteiger charge is 2.23. The first-order chi connectivity index (χ1) is 8.62. The lowest BCUT2D eigenvalue weighted by molar-refractivity contribution is -0.143. The maximum absolute atomic E-state index is 11.3. The first kappa shape index (κ1) is 14.5. The van der Waals surface area contributed by atoms with Crippen molar-refractivity contribution in [2.45, 2.75) is 26.3 Å². The maximum Gasteiger partial charge on any atom is 0.321 e. The van der Waals surface area contributed by atoms with Gasteiger partial charge in [-0.2, -0.15) is 0 Å². The van der Waals surface area contributed by atoms with Gasteiger partial charge in [-0.25, -0.2) is 0 Å². The molecule has 1 aromatic carbocycles. The van der Waals surface area contributed by atoms with Crippen LogP contribution in [0.2, 0.25) is 0 Å². The van der Waals surface area contributed by atoms with E-state index in [1.54, 1.807) is 7.11 Å². The molecule has 0 aromatic heterocycles. The summed E-state index contributed by atoms with van der Waals surface area (Å²) in [6.45, 7) is 5.44. The molecule has 0 radical (unpaired) electrons. The van der Waals surface area contributed by atoms with Gasteiger partial charge in [0, 0.05) is 0 Å². The smallest absolute Gasteiger partial charge is 0.321 e. The Labute approximate surface area is 108 Å². The van der Waals surface area contributed by atoms with Crippen molar-refractivity contribution in [3.8, 4) is 5.75 Å². The Morgan fingerprint density at radius 3 is 2.22 bits per heavy atom. The number of carboxylic acid groups (broad SMARTS) is 1. The first-order valence-corrected chi connectivity index (χ1v) is 6.22. The summed E-state index contributed by atoms with van der Waals surface area (Å²) < 4.78 is 5.08. The van der Waals surface area contributed by atoms with Crippen molar-refractivity contribution < 1.29 is 14.6 Å². The molecule has 0 aliphatic carbocycles. The van der Waals surface area contributed by atoms with Crippen LogP contribution in [-0.4, -0.2) is 42.2 Å². The summed E-state index contributed by atoms with van der Waals surface area (Å²) in [6.07, 6.45) is 0.515. The minimum atomic E-state index is -0.769. The van der Waals surface area contributed by atoms with Crippen molar-refractivity contribution in [2.24, 2.45) is 0 Å². The van der Waals surface area contributed by atoms with Crippen LogP contribution in [0, 0.1) is 0 Å². The van der Waals surface area contributed by atoms with E-state index >= 15 is 0 Å². The van der Waals surface area contributed by atoms with Crippen molar-refractivity contribution in [3.63, 3.8) is 0 Å². The van der Waals surface area contributed by atoms with Gasteiger partial charge in [-0.3, -0.25) is 9.69 Å². The van der Waals surface area contributed by atoms with Gasteiger partial charge in [-0.05, 0) is 37.2 Å². The Hall–Kier alpha value is -1.55. The molecule has 0 saturated carbocycles. The average molecular weight is 251 g/mol. The van der Waals surface area contributed by atoms with Gasteiger partial charge >= 0.3 is 5.97 Å². The molecule has 0 saturated heterocycles. The number of likely N-dealkylation sites (N-methyl/N-ethyl adjacent to an activating group) is 1. The average Bonchev–Trinajstić information content (AvgIpc) is 2.39. The molecule has 1 aromatic rings. The van der Waals surface area contributed by atoms with E-state index in [1.807, 2.05) is 43.0 Å². The highest BCUT2D eigenvalue weighted by Crippen LogP contribution is 2.14. The summed E-state index contributed by atoms with van der Waals surface area (Å²) in [5.74, 6) is 0.0167. The number of aliphatic carboxylic acids is 1. The van der Waals surface area contributed by atoms with Gasteiger partial charge in [0.25, 0.3) is 0 Å². The zero-order chi connectivity index (χ0) is 13.5. The van der Waals surface area contributed by atoms with E-state index in [4.69, 9.17) is 4.74 Å². The Morgan fingerprint density at radius 2 is 1.83 bits per heavy atom. The van der Waals surface area contributed by atoms with Gasteiger partial charge in [0.1, 0.15) is 11.8 Å². The molecule has 0 amide bonds. The summed E-state index contributed by atoms with van der Waals surface area (Å²) in [5, 5.41) is 9.30. The molecule has 0 spiro atoms. The molecule has 4 nitrogen and oxygen atoms in total. The third-order valence-electron chi connectivity index (χ3n) is 3.13. The number of methoxy groups -OCH3 is 1. The van der Waals surface area contributed by atoms with Crippen molar-refractivity contribution in [3.05, 3.63) is 29.8 Å². The standard InChI is InChI=1S/C14H21NO3/c1-4-15(5-2)13(14(16)17)10-11-6-8-12(18-3)9-7-11/h6-9,13H,4-5,10H2,1-3H3,(H,16,17). The fourth-order valence-corrected chi connectivity index (χ4v) is 2.02.